The molecule has 0 aliphatic carbocycles. The van der Waals surface area contributed by atoms with Gasteiger partial charge in [0.2, 0.25) is 0 Å². The molecule has 0 bridgehead atoms. The van der Waals surface area contributed by atoms with Crippen molar-refractivity contribution in [1.29, 1.82) is 0 Å². The molecule has 4 N–H and O–H groups in total. The zero-order chi connectivity index (χ0) is 15.4. The van der Waals surface area contributed by atoms with Crippen molar-refractivity contribution < 1.29 is 14.4 Å². The molecule has 0 heterocycles. The Bertz CT molecular complexity index is 702. The summed E-state index contributed by atoms with van der Waals surface area (Å²) in [6.45, 7) is 0. The molecule has 7 heteroatoms. The minimum Gasteiger partial charge on any atom is -0.409 e. The number of nitrogens with one attached hydrogen (secondary N) is 1. The van der Waals surface area contributed by atoms with E-state index < -0.39 is 5.82 Å². The lowest BCUT2D eigenvalue weighted by Crippen LogP contribution is -2.17. The van der Waals surface area contributed by atoms with Crippen LogP contribution >= 0.6 is 15.9 Å². The molecule has 5 nitrogen and oxygen atoms in total. The third kappa shape index (κ3) is 3.57. The van der Waals surface area contributed by atoms with Crippen LogP contribution in [0.1, 0.15) is 15.9 Å². The van der Waals surface area contributed by atoms with Crippen molar-refractivity contribution in [2.45, 2.75) is 0 Å². The van der Waals surface area contributed by atoms with Gasteiger partial charge in [0.15, 0.2) is 5.84 Å². The van der Waals surface area contributed by atoms with Crippen LogP contribution in [0, 0.1) is 5.82 Å². The predicted octanol–water partition coefficient (Wildman–Crippen LogP) is 2.94. The molecule has 21 heavy (non-hydrogen) atoms. The first-order valence-corrected chi connectivity index (χ1v) is 6.65. The molecule has 2 rings (SSSR count). The molecule has 2 aromatic rings. The van der Waals surface area contributed by atoms with E-state index in [1.54, 1.807) is 24.3 Å². The van der Waals surface area contributed by atoms with Gasteiger partial charge in [-0.25, -0.2) is 4.39 Å². The summed E-state index contributed by atoms with van der Waals surface area (Å²) in [6.07, 6.45) is 0. The molecule has 1 amide bonds. The lowest BCUT2D eigenvalue weighted by molar-refractivity contribution is 0.102. The minimum absolute atomic E-state index is 0.0916. The first-order chi connectivity index (χ1) is 10.0. The largest absolute Gasteiger partial charge is 0.409 e. The lowest BCUT2D eigenvalue weighted by Gasteiger charge is -2.08. The maximum absolute atomic E-state index is 13.5. The van der Waals surface area contributed by atoms with E-state index in [9.17, 15) is 9.18 Å². The number of hydrogen-bond acceptors (Lipinski definition) is 3. The fourth-order valence-corrected chi connectivity index (χ4v) is 1.92. The summed E-state index contributed by atoms with van der Waals surface area (Å²) in [5, 5.41) is 13.9. The Morgan fingerprint density at radius 1 is 1.24 bits per heavy atom. The maximum atomic E-state index is 13.5. The van der Waals surface area contributed by atoms with Crippen LogP contribution in [0.5, 0.6) is 0 Å². The minimum atomic E-state index is -0.646. The molecule has 0 fully saturated rings. The predicted molar refractivity (Wildman–Crippen MR) is 81.0 cm³/mol. The van der Waals surface area contributed by atoms with Crippen molar-refractivity contribution >= 4 is 33.4 Å². The second kappa shape index (κ2) is 6.36. The molecular formula is C14H11BrFN3O2. The van der Waals surface area contributed by atoms with E-state index in [-0.39, 0.29) is 17.3 Å². The van der Waals surface area contributed by atoms with Crippen LogP contribution in [-0.2, 0) is 0 Å². The van der Waals surface area contributed by atoms with Gasteiger partial charge in [0.1, 0.15) is 5.82 Å². The van der Waals surface area contributed by atoms with Gasteiger partial charge < -0.3 is 16.3 Å². The van der Waals surface area contributed by atoms with Crippen LogP contribution in [0.4, 0.5) is 10.1 Å². The summed E-state index contributed by atoms with van der Waals surface area (Å²) in [5.41, 5.74) is 6.06. The molecule has 0 unspecified atom stereocenters. The second-order valence-corrected chi connectivity index (χ2v) is 5.06. The van der Waals surface area contributed by atoms with Crippen molar-refractivity contribution in [3.63, 3.8) is 0 Å². The molecule has 0 aliphatic rings. The van der Waals surface area contributed by atoms with Gasteiger partial charge in [-0.05, 0) is 42.5 Å². The number of halogens is 2. The first kappa shape index (κ1) is 15.0. The normalized spacial score (nSPS) is 11.2. The molecule has 0 radical (unpaired) electrons. The van der Waals surface area contributed by atoms with Gasteiger partial charge in [0.25, 0.3) is 5.91 Å². The monoisotopic (exact) mass is 351 g/mol. The number of nitrogens with zero attached hydrogens (tertiary/aromatic N) is 1. The first-order valence-electron chi connectivity index (χ1n) is 5.85. The van der Waals surface area contributed by atoms with Crippen LogP contribution in [-0.4, -0.2) is 17.0 Å². The Kier molecular flexibility index (Phi) is 4.54. The topological polar surface area (TPSA) is 87.7 Å². The number of carbonyl (C=O) groups excluding carboxylic acids is 1. The highest BCUT2D eigenvalue weighted by Crippen LogP contribution is 2.17. The van der Waals surface area contributed by atoms with Crippen molar-refractivity contribution in [2.24, 2.45) is 10.9 Å². The Morgan fingerprint density at radius 2 is 1.90 bits per heavy atom. The quantitative estimate of drug-likeness (QED) is 0.344. The van der Waals surface area contributed by atoms with Crippen molar-refractivity contribution in [3.8, 4) is 0 Å². The van der Waals surface area contributed by atoms with Gasteiger partial charge in [0.05, 0.1) is 5.56 Å². The molecule has 108 valence electrons. The number of benzene rings is 2. The van der Waals surface area contributed by atoms with Crippen LogP contribution in [0.25, 0.3) is 0 Å². The molecule has 0 aromatic heterocycles. The number of nitrogens with two attached hydrogens (primary N) is 1. The Balaban J connectivity index is 2.23. The van der Waals surface area contributed by atoms with E-state index >= 15 is 0 Å². The lowest BCUT2D eigenvalue weighted by atomic mass is 10.1. The van der Waals surface area contributed by atoms with Crippen molar-refractivity contribution in [1.82, 2.24) is 0 Å². The molecule has 0 atom stereocenters. The number of oxime groups is 1. The number of rotatable bonds is 3. The fourth-order valence-electron chi connectivity index (χ4n) is 1.66. The standard InChI is InChI=1S/C14H11BrFN3O2/c15-9-3-1-8(2-4-9)14(20)18-10-5-6-12(16)11(7-10)13(17)19-21/h1-7,21H,(H2,17,19)(H,18,20). The average Bonchev–Trinajstić information content (AvgIpc) is 2.49. The average molecular weight is 352 g/mol. The third-order valence-corrected chi connectivity index (χ3v) is 3.24. The van der Waals surface area contributed by atoms with E-state index in [1.807, 2.05) is 0 Å². The van der Waals surface area contributed by atoms with Gasteiger partial charge in [-0.3, -0.25) is 4.79 Å². The van der Waals surface area contributed by atoms with Crippen LogP contribution in [0.2, 0.25) is 0 Å². The van der Waals surface area contributed by atoms with Gasteiger partial charge in [-0.1, -0.05) is 21.1 Å². The molecule has 2 aromatic carbocycles. The van der Waals surface area contributed by atoms with E-state index in [0.29, 0.717) is 11.3 Å². The molecule has 0 spiro atoms. The van der Waals surface area contributed by atoms with Crippen molar-refractivity contribution in [3.05, 3.63) is 63.9 Å². The Hall–Kier alpha value is -2.41. The Morgan fingerprint density at radius 3 is 2.52 bits per heavy atom. The highest BCUT2D eigenvalue weighted by Gasteiger charge is 2.11. The summed E-state index contributed by atoms with van der Waals surface area (Å²) in [7, 11) is 0. The second-order valence-electron chi connectivity index (χ2n) is 4.14. The zero-order valence-electron chi connectivity index (χ0n) is 10.7. The van der Waals surface area contributed by atoms with Crippen molar-refractivity contribution in [2.75, 3.05) is 5.32 Å². The number of carbonyl (C=O) groups is 1. The van der Waals surface area contributed by atoms with Gasteiger partial charge in [0, 0.05) is 15.7 Å². The van der Waals surface area contributed by atoms with E-state index in [2.05, 4.69) is 26.4 Å². The molecule has 0 aliphatic heterocycles. The summed E-state index contributed by atoms with van der Waals surface area (Å²) >= 11 is 3.28. The number of hydrogen-bond donors (Lipinski definition) is 3. The Labute approximate surface area is 128 Å². The smallest absolute Gasteiger partial charge is 0.255 e. The molecule has 0 saturated heterocycles. The summed E-state index contributed by atoms with van der Waals surface area (Å²) in [4.78, 5) is 12.0. The summed E-state index contributed by atoms with van der Waals surface area (Å²) in [6, 6.07) is 10.6. The highest BCUT2D eigenvalue weighted by molar-refractivity contribution is 9.10. The maximum Gasteiger partial charge on any atom is 0.255 e. The van der Waals surface area contributed by atoms with Gasteiger partial charge in [-0.15, -0.1) is 0 Å². The molecular weight excluding hydrogens is 341 g/mol. The number of amidine groups is 1. The fraction of sp³-hybridized carbons (Fsp3) is 0. The number of anilines is 1. The summed E-state index contributed by atoms with van der Waals surface area (Å²) < 4.78 is 14.4. The van der Waals surface area contributed by atoms with Crippen LogP contribution in [0.3, 0.4) is 0 Å². The van der Waals surface area contributed by atoms with E-state index in [4.69, 9.17) is 10.9 Å². The third-order valence-electron chi connectivity index (χ3n) is 2.71. The zero-order valence-corrected chi connectivity index (χ0v) is 12.3. The molecule has 0 saturated carbocycles. The van der Waals surface area contributed by atoms with E-state index in [0.717, 1.165) is 10.5 Å². The van der Waals surface area contributed by atoms with Gasteiger partial charge in [-0.2, -0.15) is 0 Å². The highest BCUT2D eigenvalue weighted by atomic mass is 79.9. The van der Waals surface area contributed by atoms with Crippen LogP contribution < -0.4 is 11.1 Å². The summed E-state index contributed by atoms with van der Waals surface area (Å²) in [5.74, 6) is -1.36. The van der Waals surface area contributed by atoms with Gasteiger partial charge >= 0.3 is 0 Å². The van der Waals surface area contributed by atoms with Crippen LogP contribution in [0.15, 0.2) is 52.1 Å². The SMILES string of the molecule is NC(=NO)c1cc(NC(=O)c2ccc(Br)cc2)ccc1F. The number of amides is 1. The van der Waals surface area contributed by atoms with E-state index in [1.165, 1.54) is 12.1 Å².